The van der Waals surface area contributed by atoms with Gasteiger partial charge in [0.05, 0.1) is 45.6 Å². The number of benzene rings is 4. The maximum atomic E-state index is 6.13. The Labute approximate surface area is 317 Å². The summed E-state index contributed by atoms with van der Waals surface area (Å²) in [5, 5.41) is 0. The topological polar surface area (TPSA) is 154 Å². The van der Waals surface area contributed by atoms with Crippen molar-refractivity contribution in [1.29, 1.82) is 0 Å². The first kappa shape index (κ1) is 33.3. The Hall–Kier alpha value is -6.80. The van der Waals surface area contributed by atoms with Crippen LogP contribution in [0.5, 0.6) is 0 Å². The molecule has 9 rings (SSSR count). The Balaban J connectivity index is 0.00000400. The van der Waals surface area contributed by atoms with Crippen LogP contribution in [0.3, 0.4) is 0 Å². The predicted molar refractivity (Wildman–Crippen MR) is 217 cm³/mol. The molecule has 4 aromatic carbocycles. The van der Waals surface area contributed by atoms with Crippen LogP contribution < -0.4 is 22.9 Å². The number of hydrogen-bond acceptors (Lipinski definition) is 8. The summed E-state index contributed by atoms with van der Waals surface area (Å²) in [6, 6.07) is 31.2. The number of nitrogens with zero attached hydrogens (tertiary/aromatic N) is 4. The Morgan fingerprint density at radius 2 is 0.453 bits per heavy atom. The second kappa shape index (κ2) is 13.4. The molecule has 8 nitrogen and oxygen atoms in total. The van der Waals surface area contributed by atoms with E-state index >= 15 is 0 Å². The number of nitrogen functional groups attached to an aromatic ring is 4. The summed E-state index contributed by atoms with van der Waals surface area (Å²) in [5.74, 6) is 0. The number of nitrogens with two attached hydrogens (primary N) is 4. The Morgan fingerprint density at radius 3 is 0.642 bits per heavy atom. The minimum atomic E-state index is 0. The van der Waals surface area contributed by atoms with Gasteiger partial charge in [0.15, 0.2) is 0 Å². The fraction of sp³-hybridized carbons (Fsp3) is 0. The number of anilines is 4. The normalized spacial score (nSPS) is 17.1. The first-order valence-electron chi connectivity index (χ1n) is 16.9. The third-order valence-electron chi connectivity index (χ3n) is 9.41. The molecule has 5 heterocycles. The minimum absolute atomic E-state index is 0. The fourth-order valence-electron chi connectivity index (χ4n) is 6.87. The van der Waals surface area contributed by atoms with E-state index in [4.69, 9.17) is 42.9 Å². The van der Waals surface area contributed by atoms with Crippen LogP contribution >= 0.6 is 0 Å². The molecule has 0 saturated heterocycles. The monoisotopic (exact) mass is 735 g/mol. The number of fused-ring (bicyclic) bond motifs is 4. The smallest absolute Gasteiger partial charge is 0.0738 e. The van der Waals surface area contributed by atoms with E-state index in [-0.39, 0.29) is 17.1 Å². The first-order valence-corrected chi connectivity index (χ1v) is 16.9. The second-order valence-corrected chi connectivity index (χ2v) is 12.9. The molecule has 5 aliphatic rings. The number of hydrogen-bond donors (Lipinski definition) is 4. The minimum Gasteiger partial charge on any atom is -0.399 e. The van der Waals surface area contributed by atoms with E-state index in [9.17, 15) is 0 Å². The van der Waals surface area contributed by atoms with Crippen LogP contribution in [0.15, 0.2) is 188 Å². The standard InChI is InChI=1S/C44H32N8.Cu/c45-29-9-1-25(2-10-29)41-33-17-19-35(49-33)42(26-3-11-30(46)12-4-26)37-21-23-39(51-37)44(28-7-15-32(48)16-8-28)40-24-22-38(52-40)43(36-20-18-34(41)50-36)27-5-13-31(47)14-6-27;/h1-24H,45-48H2;. The van der Waals surface area contributed by atoms with Gasteiger partial charge in [-0.2, -0.15) is 0 Å². The van der Waals surface area contributed by atoms with Gasteiger partial charge in [-0.05, 0) is 119 Å². The van der Waals surface area contributed by atoms with E-state index in [1.165, 1.54) is 0 Å². The van der Waals surface area contributed by atoms with Crippen LogP contribution in [0.2, 0.25) is 0 Å². The van der Waals surface area contributed by atoms with E-state index in [0.29, 0.717) is 22.7 Å². The molecule has 0 amide bonds. The van der Waals surface area contributed by atoms with Gasteiger partial charge in [-0.25, -0.2) is 20.0 Å². The Morgan fingerprint density at radius 1 is 0.264 bits per heavy atom. The van der Waals surface area contributed by atoms with Crippen molar-refractivity contribution in [1.82, 2.24) is 0 Å². The second-order valence-electron chi connectivity index (χ2n) is 12.9. The molecule has 8 N–H and O–H groups in total. The first-order chi connectivity index (χ1) is 25.4. The zero-order valence-electron chi connectivity index (χ0n) is 28.3. The maximum absolute atomic E-state index is 6.13. The molecule has 0 spiro atoms. The SMILES string of the molecule is Nc1ccc(C2=C3C=CC(=N3)C(c3ccc(N)cc3)=C3C=CC(=N3)C(c3ccc(N)cc3)=C3C=CC(=N3)C(c3ccc(N)cc3)=C3C=CC2=N3)cc1.[Cu]. The van der Waals surface area contributed by atoms with Crippen molar-refractivity contribution in [2.24, 2.45) is 20.0 Å². The van der Waals surface area contributed by atoms with Crippen molar-refractivity contribution >= 4 is 67.9 Å². The van der Waals surface area contributed by atoms with Crippen LogP contribution in [-0.2, 0) is 17.1 Å². The van der Waals surface area contributed by atoms with Crippen molar-refractivity contribution in [2.45, 2.75) is 0 Å². The van der Waals surface area contributed by atoms with Gasteiger partial charge in [-0.3, -0.25) is 0 Å². The van der Waals surface area contributed by atoms with E-state index in [0.717, 1.165) is 90.2 Å². The van der Waals surface area contributed by atoms with E-state index in [1.54, 1.807) is 0 Å². The average molecular weight is 736 g/mol. The van der Waals surface area contributed by atoms with Gasteiger partial charge in [0.1, 0.15) is 0 Å². The zero-order valence-corrected chi connectivity index (χ0v) is 29.2. The van der Waals surface area contributed by atoms with Gasteiger partial charge >= 0.3 is 0 Å². The van der Waals surface area contributed by atoms with Crippen molar-refractivity contribution in [3.05, 3.63) is 191 Å². The molecule has 259 valence electrons. The molecular weight excluding hydrogens is 704 g/mol. The molecule has 0 atom stereocenters. The van der Waals surface area contributed by atoms with Crippen LogP contribution in [0.4, 0.5) is 22.7 Å². The van der Waals surface area contributed by atoms with Gasteiger partial charge in [-0.1, -0.05) is 48.5 Å². The molecule has 4 aromatic rings. The molecule has 9 heteroatoms. The molecule has 0 saturated carbocycles. The van der Waals surface area contributed by atoms with Gasteiger partial charge in [0, 0.05) is 62.1 Å². The van der Waals surface area contributed by atoms with Crippen LogP contribution in [0, 0.1) is 0 Å². The summed E-state index contributed by atoms with van der Waals surface area (Å²) < 4.78 is 0. The van der Waals surface area contributed by atoms with E-state index < -0.39 is 0 Å². The predicted octanol–water partition coefficient (Wildman–Crippen LogP) is 8.01. The van der Waals surface area contributed by atoms with Gasteiger partial charge in [0.25, 0.3) is 0 Å². The molecule has 0 unspecified atom stereocenters. The van der Waals surface area contributed by atoms with Crippen molar-refractivity contribution in [3.8, 4) is 0 Å². The third kappa shape index (κ3) is 6.14. The van der Waals surface area contributed by atoms with E-state index in [2.05, 4.69) is 0 Å². The van der Waals surface area contributed by atoms with Crippen LogP contribution in [-0.4, -0.2) is 22.8 Å². The van der Waals surface area contributed by atoms with Gasteiger partial charge in [0.2, 0.25) is 0 Å². The summed E-state index contributed by atoms with van der Waals surface area (Å²) >= 11 is 0. The van der Waals surface area contributed by atoms with Crippen LogP contribution in [0.1, 0.15) is 22.3 Å². The molecule has 0 aromatic heterocycles. The molecule has 8 bridgehead atoms. The Kier molecular flexibility index (Phi) is 8.43. The summed E-state index contributed by atoms with van der Waals surface area (Å²) in [5.41, 5.74) is 40.7. The molecule has 1 radical (unpaired) electrons. The summed E-state index contributed by atoms with van der Waals surface area (Å²) in [4.78, 5) is 21.1. The molecule has 5 aliphatic heterocycles. The van der Waals surface area contributed by atoms with Crippen molar-refractivity contribution < 1.29 is 17.1 Å². The zero-order chi connectivity index (χ0) is 35.3. The van der Waals surface area contributed by atoms with Gasteiger partial charge in [-0.15, -0.1) is 0 Å². The quantitative estimate of drug-likeness (QED) is 0.124. The number of allylic oxidation sites excluding steroid dienone is 12. The molecule has 0 aliphatic carbocycles. The third-order valence-corrected chi connectivity index (χ3v) is 9.41. The fourth-order valence-corrected chi connectivity index (χ4v) is 6.87. The Bertz CT molecular complexity index is 2220. The van der Waals surface area contributed by atoms with Gasteiger partial charge < -0.3 is 22.9 Å². The molecular formula is C44H32CuN8. The number of rotatable bonds is 4. The maximum Gasteiger partial charge on any atom is 0.0738 e. The van der Waals surface area contributed by atoms with Crippen molar-refractivity contribution in [3.63, 3.8) is 0 Å². The summed E-state index contributed by atoms with van der Waals surface area (Å²) in [6.45, 7) is 0. The number of aliphatic imine (C=N–C) groups is 4. The van der Waals surface area contributed by atoms with Crippen molar-refractivity contribution in [2.75, 3.05) is 22.9 Å². The largest absolute Gasteiger partial charge is 0.399 e. The summed E-state index contributed by atoms with van der Waals surface area (Å²) in [6.07, 6.45) is 16.3. The average Bonchev–Trinajstić information content (AvgIpc) is 3.99. The summed E-state index contributed by atoms with van der Waals surface area (Å²) in [7, 11) is 0. The molecule has 53 heavy (non-hydrogen) atoms. The van der Waals surface area contributed by atoms with E-state index in [1.807, 2.05) is 146 Å². The molecule has 0 fully saturated rings. The van der Waals surface area contributed by atoms with Crippen LogP contribution in [0.25, 0.3) is 22.3 Å².